The van der Waals surface area contributed by atoms with Gasteiger partial charge in [-0.25, -0.2) is 4.79 Å². The van der Waals surface area contributed by atoms with Gasteiger partial charge >= 0.3 is 6.03 Å². The topological polar surface area (TPSA) is 32.3 Å². The van der Waals surface area contributed by atoms with E-state index in [0.29, 0.717) is 0 Å². The monoisotopic (exact) mass is 192 g/mol. The maximum Gasteiger partial charge on any atom is 0.321 e. The molecule has 0 aromatic carbocycles. The number of rotatable bonds is 1. The summed E-state index contributed by atoms with van der Waals surface area (Å²) in [7, 11) is 1.79. The van der Waals surface area contributed by atoms with Crippen molar-refractivity contribution in [1.82, 2.24) is 10.2 Å². The summed E-state index contributed by atoms with van der Waals surface area (Å²) in [5, 5.41) is 2.85. The molecule has 0 aliphatic carbocycles. The quantitative estimate of drug-likeness (QED) is 0.677. The molecule has 1 fully saturated rings. The summed E-state index contributed by atoms with van der Waals surface area (Å²) in [6.45, 7) is 6.32. The van der Waals surface area contributed by atoms with E-state index in [0.717, 1.165) is 24.2 Å². The zero-order valence-corrected chi connectivity index (χ0v) is 8.71. The zero-order valence-electron chi connectivity index (χ0n) is 8.71. The molecule has 0 atom stereocenters. The first-order chi connectivity index (χ1) is 6.69. The Hall–Kier alpha value is -1.51. The molecule has 1 rings (SSSR count). The Bertz CT molecular complexity index is 302. The molecular formula is C11H16N2O. The van der Waals surface area contributed by atoms with Crippen molar-refractivity contribution in [3.05, 3.63) is 36.1 Å². The van der Waals surface area contributed by atoms with E-state index < -0.39 is 0 Å². The van der Waals surface area contributed by atoms with Gasteiger partial charge in [0.15, 0.2) is 0 Å². The predicted octanol–water partition coefficient (Wildman–Crippen LogP) is 2.05. The van der Waals surface area contributed by atoms with Crippen LogP contribution >= 0.6 is 0 Å². The Morgan fingerprint density at radius 1 is 1.57 bits per heavy atom. The highest BCUT2D eigenvalue weighted by Crippen LogP contribution is 2.16. The average Bonchev–Trinajstić information content (AvgIpc) is 2.31. The molecule has 1 heterocycles. The number of carbonyl (C=O) groups is 1. The SMILES string of the molecule is C=C/C=C1/CCN(C)C(=O)N/C1=C/C. The summed E-state index contributed by atoms with van der Waals surface area (Å²) in [6, 6.07) is -0.0504. The zero-order chi connectivity index (χ0) is 10.6. The minimum absolute atomic E-state index is 0.0504. The number of amides is 2. The van der Waals surface area contributed by atoms with Gasteiger partial charge in [-0.2, -0.15) is 0 Å². The molecular weight excluding hydrogens is 176 g/mol. The fourth-order valence-corrected chi connectivity index (χ4v) is 1.39. The molecule has 0 unspecified atom stereocenters. The summed E-state index contributed by atoms with van der Waals surface area (Å²) in [6.07, 6.45) is 6.46. The van der Waals surface area contributed by atoms with Gasteiger partial charge in [0.25, 0.3) is 0 Å². The van der Waals surface area contributed by atoms with Crippen LogP contribution in [0.2, 0.25) is 0 Å². The molecule has 14 heavy (non-hydrogen) atoms. The van der Waals surface area contributed by atoms with Gasteiger partial charge in [0.1, 0.15) is 0 Å². The molecule has 1 N–H and O–H groups in total. The first-order valence-electron chi connectivity index (χ1n) is 4.69. The lowest BCUT2D eigenvalue weighted by Gasteiger charge is -2.12. The number of hydrogen-bond acceptors (Lipinski definition) is 1. The van der Waals surface area contributed by atoms with E-state index in [1.165, 1.54) is 0 Å². The van der Waals surface area contributed by atoms with E-state index in [9.17, 15) is 4.79 Å². The second kappa shape index (κ2) is 4.65. The molecule has 3 heteroatoms. The number of allylic oxidation sites excluding steroid dienone is 4. The van der Waals surface area contributed by atoms with Gasteiger partial charge in [0, 0.05) is 19.3 Å². The van der Waals surface area contributed by atoms with Crippen LogP contribution in [0.1, 0.15) is 13.3 Å². The van der Waals surface area contributed by atoms with Gasteiger partial charge in [-0.1, -0.05) is 24.8 Å². The molecule has 0 aromatic heterocycles. The van der Waals surface area contributed by atoms with Crippen molar-refractivity contribution in [2.24, 2.45) is 0 Å². The van der Waals surface area contributed by atoms with Crippen molar-refractivity contribution in [2.45, 2.75) is 13.3 Å². The van der Waals surface area contributed by atoms with E-state index in [-0.39, 0.29) is 6.03 Å². The van der Waals surface area contributed by atoms with E-state index >= 15 is 0 Å². The maximum atomic E-state index is 11.5. The van der Waals surface area contributed by atoms with Crippen LogP contribution in [-0.4, -0.2) is 24.5 Å². The number of hydrogen-bond donors (Lipinski definition) is 1. The molecule has 0 bridgehead atoms. The number of carbonyl (C=O) groups excluding carboxylic acids is 1. The summed E-state index contributed by atoms with van der Waals surface area (Å²) < 4.78 is 0. The number of nitrogens with one attached hydrogen (secondary N) is 1. The van der Waals surface area contributed by atoms with E-state index in [1.807, 2.05) is 19.1 Å². The number of nitrogens with zero attached hydrogens (tertiary/aromatic N) is 1. The van der Waals surface area contributed by atoms with E-state index in [1.54, 1.807) is 18.0 Å². The maximum absolute atomic E-state index is 11.5. The van der Waals surface area contributed by atoms with Crippen molar-refractivity contribution >= 4 is 6.03 Å². The smallest absolute Gasteiger partial charge is 0.321 e. The highest BCUT2D eigenvalue weighted by molar-refractivity contribution is 5.77. The van der Waals surface area contributed by atoms with Crippen LogP contribution in [0.4, 0.5) is 4.79 Å². The van der Waals surface area contributed by atoms with Crippen molar-refractivity contribution in [3.8, 4) is 0 Å². The van der Waals surface area contributed by atoms with Crippen LogP contribution in [0.15, 0.2) is 36.1 Å². The van der Waals surface area contributed by atoms with Gasteiger partial charge < -0.3 is 10.2 Å². The normalized spacial score (nSPS) is 23.6. The Balaban J connectivity index is 2.94. The summed E-state index contributed by atoms with van der Waals surface area (Å²) in [4.78, 5) is 13.1. The highest BCUT2D eigenvalue weighted by Gasteiger charge is 2.17. The average molecular weight is 192 g/mol. The third-order valence-corrected chi connectivity index (χ3v) is 2.26. The van der Waals surface area contributed by atoms with Gasteiger partial charge in [0.05, 0.1) is 0 Å². The molecule has 76 valence electrons. The molecule has 1 aliphatic heterocycles. The van der Waals surface area contributed by atoms with Crippen LogP contribution in [-0.2, 0) is 0 Å². The van der Waals surface area contributed by atoms with E-state index in [4.69, 9.17) is 0 Å². The van der Waals surface area contributed by atoms with Crippen LogP contribution in [0.5, 0.6) is 0 Å². The first kappa shape index (κ1) is 10.6. The lowest BCUT2D eigenvalue weighted by atomic mass is 10.1. The van der Waals surface area contributed by atoms with Crippen LogP contribution in [0.25, 0.3) is 0 Å². The fourth-order valence-electron chi connectivity index (χ4n) is 1.39. The minimum Gasteiger partial charge on any atom is -0.327 e. The minimum atomic E-state index is -0.0504. The second-order valence-electron chi connectivity index (χ2n) is 3.23. The third-order valence-electron chi connectivity index (χ3n) is 2.26. The molecule has 0 radical (unpaired) electrons. The van der Waals surface area contributed by atoms with Crippen molar-refractivity contribution in [1.29, 1.82) is 0 Å². The first-order valence-corrected chi connectivity index (χ1v) is 4.69. The Kier molecular flexibility index (Phi) is 3.51. The summed E-state index contributed by atoms with van der Waals surface area (Å²) in [5.74, 6) is 0. The van der Waals surface area contributed by atoms with Crippen molar-refractivity contribution in [3.63, 3.8) is 0 Å². The second-order valence-corrected chi connectivity index (χ2v) is 3.23. The Morgan fingerprint density at radius 3 is 2.86 bits per heavy atom. The predicted molar refractivity (Wildman–Crippen MR) is 57.8 cm³/mol. The molecule has 1 saturated heterocycles. The number of urea groups is 1. The largest absolute Gasteiger partial charge is 0.327 e. The standard InChI is InChI=1S/C11H16N2O/c1-4-6-9-7-8-13(3)11(14)12-10(9)5-2/h4-6H,1,7-8H2,2-3H3,(H,12,14)/b9-6-,10-5+. The summed E-state index contributed by atoms with van der Waals surface area (Å²) in [5.41, 5.74) is 2.01. The summed E-state index contributed by atoms with van der Waals surface area (Å²) >= 11 is 0. The lowest BCUT2D eigenvalue weighted by Crippen LogP contribution is -2.34. The van der Waals surface area contributed by atoms with Gasteiger partial charge in [-0.3, -0.25) is 0 Å². The van der Waals surface area contributed by atoms with Gasteiger partial charge in [0.2, 0.25) is 0 Å². The van der Waals surface area contributed by atoms with Gasteiger partial charge in [-0.05, 0) is 18.9 Å². The molecule has 0 spiro atoms. The molecule has 0 aromatic rings. The van der Waals surface area contributed by atoms with Crippen LogP contribution in [0.3, 0.4) is 0 Å². The lowest BCUT2D eigenvalue weighted by molar-refractivity contribution is 0.214. The Labute approximate surface area is 84.8 Å². The molecule has 1 aliphatic rings. The van der Waals surface area contributed by atoms with Gasteiger partial charge in [-0.15, -0.1) is 0 Å². The van der Waals surface area contributed by atoms with Crippen LogP contribution < -0.4 is 5.32 Å². The molecule has 2 amide bonds. The Morgan fingerprint density at radius 2 is 2.29 bits per heavy atom. The third kappa shape index (κ3) is 2.25. The fraction of sp³-hybridized carbons (Fsp3) is 0.364. The van der Waals surface area contributed by atoms with Crippen molar-refractivity contribution in [2.75, 3.05) is 13.6 Å². The van der Waals surface area contributed by atoms with E-state index in [2.05, 4.69) is 11.9 Å². The highest BCUT2D eigenvalue weighted by atomic mass is 16.2. The molecule has 0 saturated carbocycles. The van der Waals surface area contributed by atoms with Crippen LogP contribution in [0, 0.1) is 0 Å². The van der Waals surface area contributed by atoms with Crippen molar-refractivity contribution < 1.29 is 4.79 Å². The molecule has 3 nitrogen and oxygen atoms in total.